The summed E-state index contributed by atoms with van der Waals surface area (Å²) in [6, 6.07) is 0. The van der Waals surface area contributed by atoms with Crippen LogP contribution >= 0.6 is 7.92 Å². The third-order valence-electron chi connectivity index (χ3n) is 9.71. The van der Waals surface area contributed by atoms with Crippen molar-refractivity contribution in [1.29, 1.82) is 0 Å². The van der Waals surface area contributed by atoms with Gasteiger partial charge in [0.25, 0.3) is 0 Å². The van der Waals surface area contributed by atoms with E-state index >= 15 is 0 Å². The maximum Gasteiger partial charge on any atom is 0.0790 e. The third-order valence-corrected chi connectivity index (χ3v) is 14.2. The Labute approximate surface area is 144 Å². The lowest BCUT2D eigenvalue weighted by molar-refractivity contribution is 0.0186. The molecule has 0 saturated heterocycles. The molecule has 8 saturated carbocycles. The van der Waals surface area contributed by atoms with E-state index in [1.165, 1.54) is 35.5 Å². The molecule has 0 nitrogen and oxygen atoms in total. The average molecular weight is 332 g/mol. The highest BCUT2D eigenvalue weighted by atomic mass is 31.1. The number of hydrogen-bond donors (Lipinski definition) is 0. The van der Waals surface area contributed by atoms with Gasteiger partial charge >= 0.3 is 0 Å². The van der Waals surface area contributed by atoms with Crippen LogP contribution in [-0.4, -0.2) is 16.5 Å². The fraction of sp³-hybridized carbons (Fsp3) is 1.00. The molecule has 128 valence electrons. The lowest BCUT2D eigenvalue weighted by Gasteiger charge is -2.63. The Balaban J connectivity index is 1.38. The zero-order valence-corrected chi connectivity index (χ0v) is 16.2. The van der Waals surface area contributed by atoms with Crippen molar-refractivity contribution in [1.82, 2.24) is 0 Å². The molecule has 8 fully saturated rings. The second-order valence-electron chi connectivity index (χ2n) is 11.2. The van der Waals surface area contributed by atoms with Crippen molar-refractivity contribution in [3.05, 3.63) is 0 Å². The molecule has 0 aromatic rings. The summed E-state index contributed by atoms with van der Waals surface area (Å²) in [6.45, 7) is 2.63. The van der Waals surface area contributed by atoms with E-state index in [9.17, 15) is 0 Å². The van der Waals surface area contributed by atoms with E-state index in [4.69, 9.17) is 0 Å². The van der Waals surface area contributed by atoms with E-state index in [1.807, 2.05) is 0 Å². The van der Waals surface area contributed by atoms with Crippen molar-refractivity contribution in [3.8, 4) is 0 Å². The Morgan fingerprint density at radius 1 is 0.565 bits per heavy atom. The number of hydrogen-bond acceptors (Lipinski definition) is 0. The minimum absolute atomic E-state index is 0.172. The van der Waals surface area contributed by atoms with E-state index in [-0.39, 0.29) is 7.92 Å². The molecule has 8 bridgehead atoms. The normalized spacial score (nSPS) is 60.4. The molecule has 1 heteroatoms. The molecule has 0 aromatic heterocycles. The van der Waals surface area contributed by atoms with Crippen LogP contribution in [0.5, 0.6) is 0 Å². The summed E-state index contributed by atoms with van der Waals surface area (Å²) in [6.07, 6.45) is 21.6. The van der Waals surface area contributed by atoms with Crippen LogP contribution < -0.4 is 0 Å². The van der Waals surface area contributed by atoms with Gasteiger partial charge in [0.15, 0.2) is 0 Å². The monoisotopic (exact) mass is 331 g/mol. The topological polar surface area (TPSA) is 0 Å². The van der Waals surface area contributed by atoms with Gasteiger partial charge in [-0.25, -0.2) is 0 Å². The quantitative estimate of drug-likeness (QED) is 0.543. The largest absolute Gasteiger partial charge is 0.0790 e. The zero-order valence-electron chi connectivity index (χ0n) is 15.2. The first kappa shape index (κ1) is 14.6. The molecule has 8 aliphatic carbocycles. The molecule has 8 aliphatic rings. The summed E-state index contributed by atoms with van der Waals surface area (Å²) < 4.78 is 0. The van der Waals surface area contributed by atoms with Gasteiger partial charge in [0.2, 0.25) is 0 Å². The summed E-state index contributed by atoms with van der Waals surface area (Å²) in [4.78, 5) is 0. The van der Waals surface area contributed by atoms with Gasteiger partial charge in [-0.1, -0.05) is 0 Å². The standard InChI is InChI=1S/C22H35P/c1-2-23(21-9-15-3-16(10-21)5-17(4-15)11-21)22-12-18-6-19(13-22)8-20(7-18)14-22/h15-20H,2-14H2,1H3/p+1. The van der Waals surface area contributed by atoms with Crippen LogP contribution in [-0.2, 0) is 0 Å². The highest BCUT2D eigenvalue weighted by molar-refractivity contribution is 7.61. The second kappa shape index (κ2) is 4.78. The van der Waals surface area contributed by atoms with Crippen molar-refractivity contribution in [2.24, 2.45) is 35.5 Å². The first-order valence-corrected chi connectivity index (χ1v) is 12.7. The Kier molecular flexibility index (Phi) is 3.03. The average Bonchev–Trinajstić information content (AvgIpc) is 2.43. The molecule has 0 atom stereocenters. The van der Waals surface area contributed by atoms with E-state index in [0.29, 0.717) is 0 Å². The van der Waals surface area contributed by atoms with Crippen LogP contribution in [0.1, 0.15) is 84.0 Å². The lowest BCUT2D eigenvalue weighted by Crippen LogP contribution is -2.56. The lowest BCUT2D eigenvalue weighted by atomic mass is 9.55. The molecular formula is C22H36P+. The summed E-state index contributed by atoms with van der Waals surface area (Å²) >= 11 is 0. The van der Waals surface area contributed by atoms with Crippen LogP contribution in [0.25, 0.3) is 0 Å². The molecule has 0 amide bonds. The van der Waals surface area contributed by atoms with Crippen molar-refractivity contribution >= 4 is 7.92 Å². The van der Waals surface area contributed by atoms with Crippen molar-refractivity contribution < 1.29 is 0 Å². The molecule has 23 heavy (non-hydrogen) atoms. The summed E-state index contributed by atoms with van der Waals surface area (Å²) in [5, 5.41) is 1.83. The van der Waals surface area contributed by atoms with Crippen LogP contribution in [0, 0.1) is 35.5 Å². The third kappa shape index (κ3) is 2.00. The smallest absolute Gasteiger partial charge is 0.0472 e. The van der Waals surface area contributed by atoms with Crippen molar-refractivity contribution in [3.63, 3.8) is 0 Å². The van der Waals surface area contributed by atoms with Gasteiger partial charge in [-0.2, -0.15) is 0 Å². The van der Waals surface area contributed by atoms with E-state index in [2.05, 4.69) is 6.92 Å². The van der Waals surface area contributed by atoms with Gasteiger partial charge in [0.05, 0.1) is 16.5 Å². The van der Waals surface area contributed by atoms with Gasteiger partial charge in [-0.15, -0.1) is 0 Å². The summed E-state index contributed by atoms with van der Waals surface area (Å²) in [5.74, 6) is 7.01. The van der Waals surface area contributed by atoms with Crippen LogP contribution in [0.2, 0.25) is 0 Å². The molecule has 0 N–H and O–H groups in total. The van der Waals surface area contributed by atoms with Gasteiger partial charge < -0.3 is 0 Å². The maximum absolute atomic E-state index is 2.63. The first-order chi connectivity index (χ1) is 11.2. The van der Waals surface area contributed by atoms with E-state index in [0.717, 1.165) is 10.3 Å². The molecule has 0 aromatic carbocycles. The molecule has 0 unspecified atom stereocenters. The highest BCUT2D eigenvalue weighted by Crippen LogP contribution is 2.78. The fourth-order valence-electron chi connectivity index (χ4n) is 10.3. The molecule has 0 radical (unpaired) electrons. The van der Waals surface area contributed by atoms with E-state index < -0.39 is 0 Å². The minimum Gasteiger partial charge on any atom is -0.0472 e. The van der Waals surface area contributed by atoms with Crippen molar-refractivity contribution in [2.75, 3.05) is 6.16 Å². The second-order valence-corrected chi connectivity index (χ2v) is 15.0. The highest BCUT2D eigenvalue weighted by Gasteiger charge is 2.66. The van der Waals surface area contributed by atoms with Crippen molar-refractivity contribution in [2.45, 2.75) is 94.3 Å². The Hall–Kier alpha value is 0.430. The van der Waals surface area contributed by atoms with Crippen LogP contribution in [0.3, 0.4) is 0 Å². The Bertz CT molecular complexity index is 392. The van der Waals surface area contributed by atoms with E-state index in [1.54, 1.807) is 83.2 Å². The molecule has 0 aliphatic heterocycles. The van der Waals surface area contributed by atoms with Gasteiger partial charge in [-0.05, 0) is 119 Å². The number of rotatable bonds is 3. The minimum atomic E-state index is -0.172. The summed E-state index contributed by atoms with van der Waals surface area (Å²) in [7, 11) is -0.172. The molecule has 0 spiro atoms. The molecule has 0 heterocycles. The van der Waals surface area contributed by atoms with Gasteiger partial charge in [0, 0.05) is 7.92 Å². The Morgan fingerprint density at radius 3 is 1.04 bits per heavy atom. The SMILES string of the molecule is CC[PH+](C12CC3CC(CC(C3)C1)C2)C12CC3CC(CC(C3)C1)C2. The first-order valence-electron chi connectivity index (χ1n) is 11.0. The molecule has 8 rings (SSSR count). The maximum atomic E-state index is 2.63. The Morgan fingerprint density at radius 2 is 0.826 bits per heavy atom. The zero-order chi connectivity index (χ0) is 15.2. The van der Waals surface area contributed by atoms with Gasteiger partial charge in [-0.3, -0.25) is 0 Å². The fourth-order valence-corrected chi connectivity index (χ4v) is 16.1. The van der Waals surface area contributed by atoms with Crippen LogP contribution in [0.4, 0.5) is 0 Å². The van der Waals surface area contributed by atoms with Crippen LogP contribution in [0.15, 0.2) is 0 Å². The summed E-state index contributed by atoms with van der Waals surface area (Å²) in [5.41, 5.74) is 0. The predicted molar refractivity (Wildman–Crippen MR) is 101 cm³/mol. The predicted octanol–water partition coefficient (Wildman–Crippen LogP) is 6.16. The molecular weight excluding hydrogens is 295 g/mol. The van der Waals surface area contributed by atoms with Gasteiger partial charge in [0.1, 0.15) is 0 Å².